The quantitative estimate of drug-likeness (QED) is 0.905. The molecule has 0 saturated heterocycles. The summed E-state index contributed by atoms with van der Waals surface area (Å²) in [5, 5.41) is 3.29. The highest BCUT2D eigenvalue weighted by Gasteiger charge is 2.17. The number of rotatable bonds is 4. The maximum atomic E-state index is 4.53. The van der Waals surface area contributed by atoms with Gasteiger partial charge in [-0.1, -0.05) is 18.2 Å². The van der Waals surface area contributed by atoms with Crippen LogP contribution in [0.3, 0.4) is 0 Å². The predicted molar refractivity (Wildman–Crippen MR) is 80.7 cm³/mol. The molecule has 0 saturated carbocycles. The van der Waals surface area contributed by atoms with Gasteiger partial charge in [-0.2, -0.15) is 0 Å². The smallest absolute Gasteiger partial charge is 0.0491 e. The van der Waals surface area contributed by atoms with Crippen molar-refractivity contribution in [1.82, 2.24) is 10.3 Å². The minimum absolute atomic E-state index is 0.311. The Hall–Kier alpha value is -1.67. The van der Waals surface area contributed by atoms with Crippen molar-refractivity contribution in [2.45, 2.75) is 26.7 Å². The molecule has 1 N–H and O–H groups in total. The average Bonchev–Trinajstić information content (AvgIpc) is 2.42. The highest BCUT2D eigenvalue weighted by molar-refractivity contribution is 5.41. The lowest BCUT2D eigenvalue weighted by Crippen LogP contribution is -2.20. The van der Waals surface area contributed by atoms with Crippen LogP contribution in [-0.2, 0) is 0 Å². The maximum absolute atomic E-state index is 4.53. The van der Waals surface area contributed by atoms with Crippen molar-refractivity contribution < 1.29 is 0 Å². The zero-order valence-corrected chi connectivity index (χ0v) is 12.2. The molecule has 1 heterocycles. The van der Waals surface area contributed by atoms with Crippen LogP contribution < -0.4 is 5.32 Å². The van der Waals surface area contributed by atoms with Crippen LogP contribution in [0.5, 0.6) is 0 Å². The number of likely N-dealkylation sites (N-methyl/N-ethyl adjacent to an activating group) is 1. The Balaban J connectivity index is 2.48. The standard InChI is InChI=1S/C17H22N2/c1-12-9-14(3)15(10-13(12)2)16(11-18-4)17-7-5-6-8-19-17/h5-10,16,18H,11H2,1-4H3. The van der Waals surface area contributed by atoms with Crippen molar-refractivity contribution in [3.63, 3.8) is 0 Å². The van der Waals surface area contributed by atoms with E-state index < -0.39 is 0 Å². The van der Waals surface area contributed by atoms with Gasteiger partial charge in [0.15, 0.2) is 0 Å². The number of hydrogen-bond donors (Lipinski definition) is 1. The van der Waals surface area contributed by atoms with Crippen molar-refractivity contribution in [1.29, 1.82) is 0 Å². The van der Waals surface area contributed by atoms with Crippen LogP contribution in [0.4, 0.5) is 0 Å². The number of aryl methyl sites for hydroxylation is 3. The maximum Gasteiger partial charge on any atom is 0.0491 e. The lowest BCUT2D eigenvalue weighted by molar-refractivity contribution is 0.687. The summed E-state index contributed by atoms with van der Waals surface area (Å²) in [6, 6.07) is 10.7. The van der Waals surface area contributed by atoms with E-state index in [1.807, 2.05) is 19.3 Å². The molecule has 19 heavy (non-hydrogen) atoms. The predicted octanol–water partition coefficient (Wildman–Crippen LogP) is 3.36. The molecule has 2 heteroatoms. The van der Waals surface area contributed by atoms with Gasteiger partial charge in [0, 0.05) is 24.4 Å². The van der Waals surface area contributed by atoms with Gasteiger partial charge in [0.2, 0.25) is 0 Å². The van der Waals surface area contributed by atoms with Gasteiger partial charge in [0.05, 0.1) is 0 Å². The van der Waals surface area contributed by atoms with E-state index in [0.29, 0.717) is 5.92 Å². The zero-order valence-electron chi connectivity index (χ0n) is 12.2. The summed E-state index contributed by atoms with van der Waals surface area (Å²) in [7, 11) is 1.99. The van der Waals surface area contributed by atoms with E-state index in [2.05, 4.69) is 55.3 Å². The fourth-order valence-corrected chi connectivity index (χ4v) is 2.52. The van der Waals surface area contributed by atoms with Gasteiger partial charge in [-0.15, -0.1) is 0 Å². The Kier molecular flexibility index (Phi) is 4.33. The van der Waals surface area contributed by atoms with Crippen LogP contribution in [0.25, 0.3) is 0 Å². The van der Waals surface area contributed by atoms with E-state index >= 15 is 0 Å². The third-order valence-electron chi connectivity index (χ3n) is 3.71. The number of aromatic nitrogens is 1. The molecule has 0 fully saturated rings. The lowest BCUT2D eigenvalue weighted by Gasteiger charge is -2.20. The van der Waals surface area contributed by atoms with Gasteiger partial charge >= 0.3 is 0 Å². The van der Waals surface area contributed by atoms with Crippen LogP contribution in [0.1, 0.15) is 33.9 Å². The number of nitrogens with one attached hydrogen (secondary N) is 1. The van der Waals surface area contributed by atoms with E-state index in [0.717, 1.165) is 12.2 Å². The van der Waals surface area contributed by atoms with E-state index in [-0.39, 0.29) is 0 Å². The molecular weight excluding hydrogens is 232 g/mol. The topological polar surface area (TPSA) is 24.9 Å². The van der Waals surface area contributed by atoms with Crippen molar-refractivity contribution in [3.05, 3.63) is 64.5 Å². The summed E-state index contributed by atoms with van der Waals surface area (Å²) in [5.41, 5.74) is 6.54. The molecule has 1 aromatic heterocycles. The van der Waals surface area contributed by atoms with Crippen LogP contribution in [0, 0.1) is 20.8 Å². The Morgan fingerprint density at radius 3 is 2.42 bits per heavy atom. The molecule has 100 valence electrons. The van der Waals surface area contributed by atoms with Crippen LogP contribution >= 0.6 is 0 Å². The Morgan fingerprint density at radius 1 is 1.05 bits per heavy atom. The van der Waals surface area contributed by atoms with Crippen molar-refractivity contribution >= 4 is 0 Å². The Labute approximate surface area is 115 Å². The summed E-state index contributed by atoms with van der Waals surface area (Å²) in [6.45, 7) is 7.43. The van der Waals surface area contributed by atoms with Crippen molar-refractivity contribution in [3.8, 4) is 0 Å². The highest BCUT2D eigenvalue weighted by atomic mass is 14.8. The molecule has 0 spiro atoms. The molecule has 1 aromatic carbocycles. The zero-order chi connectivity index (χ0) is 13.8. The van der Waals surface area contributed by atoms with E-state index in [1.54, 1.807) is 0 Å². The first-order chi connectivity index (χ1) is 9.13. The van der Waals surface area contributed by atoms with Crippen LogP contribution in [-0.4, -0.2) is 18.6 Å². The first-order valence-corrected chi connectivity index (χ1v) is 6.76. The third kappa shape index (κ3) is 3.02. The summed E-state index contributed by atoms with van der Waals surface area (Å²) >= 11 is 0. The second-order valence-corrected chi connectivity index (χ2v) is 5.16. The van der Waals surface area contributed by atoms with Crippen LogP contribution in [0.2, 0.25) is 0 Å². The molecule has 2 rings (SSSR count). The minimum atomic E-state index is 0.311. The van der Waals surface area contributed by atoms with E-state index in [9.17, 15) is 0 Å². The summed E-state index contributed by atoms with van der Waals surface area (Å²) < 4.78 is 0. The summed E-state index contributed by atoms with van der Waals surface area (Å²) in [5.74, 6) is 0.311. The Bertz CT molecular complexity index is 547. The fraction of sp³-hybridized carbons (Fsp3) is 0.353. The van der Waals surface area contributed by atoms with Gasteiger partial charge in [0.1, 0.15) is 0 Å². The first-order valence-electron chi connectivity index (χ1n) is 6.76. The largest absolute Gasteiger partial charge is 0.319 e. The molecule has 2 aromatic rings. The number of nitrogens with zero attached hydrogens (tertiary/aromatic N) is 1. The normalized spacial score (nSPS) is 12.4. The first kappa shape index (κ1) is 13.8. The summed E-state index contributed by atoms with van der Waals surface area (Å²) in [6.07, 6.45) is 1.87. The third-order valence-corrected chi connectivity index (χ3v) is 3.71. The molecule has 0 bridgehead atoms. The molecule has 0 aliphatic carbocycles. The second-order valence-electron chi connectivity index (χ2n) is 5.16. The Morgan fingerprint density at radius 2 is 1.79 bits per heavy atom. The van der Waals surface area contributed by atoms with Gasteiger partial charge in [-0.05, 0) is 62.2 Å². The second kappa shape index (κ2) is 5.98. The van der Waals surface area contributed by atoms with Crippen molar-refractivity contribution in [2.75, 3.05) is 13.6 Å². The monoisotopic (exact) mass is 254 g/mol. The minimum Gasteiger partial charge on any atom is -0.319 e. The fourth-order valence-electron chi connectivity index (χ4n) is 2.52. The average molecular weight is 254 g/mol. The lowest BCUT2D eigenvalue weighted by atomic mass is 9.88. The summed E-state index contributed by atoms with van der Waals surface area (Å²) in [4.78, 5) is 4.53. The van der Waals surface area contributed by atoms with E-state index in [1.165, 1.54) is 22.3 Å². The molecular formula is C17H22N2. The number of pyridine rings is 1. The number of hydrogen-bond acceptors (Lipinski definition) is 2. The van der Waals surface area contributed by atoms with Gasteiger partial charge in [-0.25, -0.2) is 0 Å². The molecule has 2 nitrogen and oxygen atoms in total. The van der Waals surface area contributed by atoms with Crippen molar-refractivity contribution in [2.24, 2.45) is 0 Å². The van der Waals surface area contributed by atoms with E-state index in [4.69, 9.17) is 0 Å². The molecule has 0 amide bonds. The van der Waals surface area contributed by atoms with Gasteiger partial charge in [-0.3, -0.25) is 4.98 Å². The molecule has 0 aliphatic heterocycles. The van der Waals surface area contributed by atoms with Gasteiger partial charge in [0.25, 0.3) is 0 Å². The molecule has 1 unspecified atom stereocenters. The molecule has 1 atom stereocenters. The molecule has 0 aliphatic rings. The highest BCUT2D eigenvalue weighted by Crippen LogP contribution is 2.27. The molecule has 0 radical (unpaired) electrons. The van der Waals surface area contributed by atoms with Gasteiger partial charge < -0.3 is 5.32 Å². The SMILES string of the molecule is CNCC(c1ccccn1)c1cc(C)c(C)cc1C. The number of benzene rings is 1. The van der Waals surface area contributed by atoms with Crippen LogP contribution in [0.15, 0.2) is 36.5 Å².